The average Bonchev–Trinajstić information content (AvgIpc) is 1.53. The SMILES string of the molecule is CC(C)NC(=O)[C@H](Cc1cn(CCP(=O)(O)O)nn1)NC(=O)[C@H](CCCCN)NC(=O)[C@H](C)NC(=O)[C@H](Cc1cn(CCP(=O)(O)O)nn1)NC(=O)[C@H](CCCCN)NC(=O)[C@H](C)NC(=O)[C@H](Cc1cn(CCP(=O)(O)O)nn1)NC(=O)[C@H](CCCCN)NC(=O)[C@H](C)N. The Bertz CT molecular complexity index is 3110. The van der Waals surface area contributed by atoms with Gasteiger partial charge in [-0.25, -0.2) is 0 Å². The van der Waals surface area contributed by atoms with E-state index in [1.165, 1.54) is 39.4 Å². The second-order valence-electron chi connectivity index (χ2n) is 22.8. The number of hydrogen-bond donors (Lipinski definition) is 19. The van der Waals surface area contributed by atoms with E-state index in [1.54, 1.807) is 13.8 Å². The summed E-state index contributed by atoms with van der Waals surface area (Å²) in [7, 11) is -13.4. The van der Waals surface area contributed by atoms with Crippen LogP contribution in [-0.2, 0) is 95.7 Å². The van der Waals surface area contributed by atoms with Crippen LogP contribution in [0, 0.1) is 0 Å². The molecule has 530 valence electrons. The molecule has 0 saturated heterocycles. The van der Waals surface area contributed by atoms with Crippen molar-refractivity contribution < 1.29 is 86.2 Å². The van der Waals surface area contributed by atoms with Gasteiger partial charge in [-0.1, -0.05) is 15.6 Å². The van der Waals surface area contributed by atoms with Crippen molar-refractivity contribution >= 4 is 76.0 Å². The minimum absolute atomic E-state index is 0.00299. The predicted octanol–water partition coefficient (Wildman–Crippen LogP) is -6.80. The fourth-order valence-corrected chi connectivity index (χ4v) is 10.1. The molecular formula is C51H93N22O18P3. The zero-order valence-corrected chi connectivity index (χ0v) is 55.8. The lowest BCUT2D eigenvalue weighted by Crippen LogP contribution is -2.60. The highest BCUT2D eigenvalue weighted by atomic mass is 31.2. The number of carbonyl (C=O) groups is 9. The van der Waals surface area contributed by atoms with E-state index in [9.17, 15) is 86.2 Å². The van der Waals surface area contributed by atoms with Crippen molar-refractivity contribution in [1.82, 2.24) is 92.8 Å². The maximum Gasteiger partial charge on any atom is 0.327 e. The lowest BCUT2D eigenvalue weighted by atomic mass is 10.0. The zero-order chi connectivity index (χ0) is 70.5. The van der Waals surface area contributed by atoms with Crippen molar-refractivity contribution in [2.24, 2.45) is 22.9 Å². The molecule has 3 rings (SSSR count). The molecule has 0 fully saturated rings. The summed E-state index contributed by atoms with van der Waals surface area (Å²) in [6, 6.07) is -13.0. The average molecular weight is 1400 g/mol. The molecule has 0 aromatic carbocycles. The van der Waals surface area contributed by atoms with E-state index >= 15 is 0 Å². The summed E-state index contributed by atoms with van der Waals surface area (Å²) < 4.78 is 38.1. The Balaban J connectivity index is 1.95. The molecule has 94 heavy (non-hydrogen) atoms. The van der Waals surface area contributed by atoms with E-state index in [4.69, 9.17) is 22.9 Å². The van der Waals surface area contributed by atoms with E-state index in [-0.39, 0.29) is 88.5 Å². The molecule has 23 N–H and O–H groups in total. The first-order valence-corrected chi connectivity index (χ1v) is 35.8. The number of aryl methyl sites for hydroxylation is 3. The van der Waals surface area contributed by atoms with Gasteiger partial charge >= 0.3 is 22.8 Å². The maximum absolute atomic E-state index is 14.5. The molecule has 0 aliphatic carbocycles. The van der Waals surface area contributed by atoms with Gasteiger partial charge < -0.3 is 100 Å². The third-order valence-electron chi connectivity index (χ3n) is 13.8. The monoisotopic (exact) mass is 1390 g/mol. The Hall–Kier alpha value is -7.06. The van der Waals surface area contributed by atoms with E-state index in [1.807, 2.05) is 0 Å². The van der Waals surface area contributed by atoms with Crippen LogP contribution in [0.15, 0.2) is 18.6 Å². The number of unbranched alkanes of at least 4 members (excludes halogenated alkanes) is 3. The summed E-state index contributed by atoms with van der Waals surface area (Å²) in [5.41, 5.74) is 23.2. The Morgan fingerprint density at radius 1 is 0.394 bits per heavy atom. The summed E-state index contributed by atoms with van der Waals surface area (Å²) in [6.45, 7) is 7.10. The first-order chi connectivity index (χ1) is 44.0. The number of hydrogen-bond acceptors (Lipinski definition) is 22. The van der Waals surface area contributed by atoms with Crippen LogP contribution in [0.5, 0.6) is 0 Å². The van der Waals surface area contributed by atoms with Gasteiger partial charge in [0.1, 0.15) is 48.3 Å². The minimum Gasteiger partial charge on any atom is -0.352 e. The molecule has 40 nitrogen and oxygen atoms in total. The summed E-state index contributed by atoms with van der Waals surface area (Å²) in [4.78, 5) is 182. The quantitative estimate of drug-likeness (QED) is 0.0185. The van der Waals surface area contributed by atoms with Gasteiger partial charge in [-0.15, -0.1) is 15.3 Å². The fourth-order valence-electron chi connectivity index (χ4n) is 8.72. The third-order valence-corrected chi connectivity index (χ3v) is 16.2. The lowest BCUT2D eigenvalue weighted by Gasteiger charge is -2.27. The van der Waals surface area contributed by atoms with Gasteiger partial charge in [-0.3, -0.25) is 70.9 Å². The van der Waals surface area contributed by atoms with Crippen LogP contribution in [-0.4, -0.2) is 226 Å². The molecule has 0 spiro atoms. The molecule has 3 aromatic rings. The van der Waals surface area contributed by atoms with Crippen LogP contribution >= 0.6 is 22.8 Å². The molecule has 0 bridgehead atoms. The second-order valence-corrected chi connectivity index (χ2v) is 28.2. The standard InChI is InChI=1S/C51H93N22O18P3/c1-30(2)56-49(80)40(24-34-27-71(68-65-34)18-21-92(83,84)85)62-47(78)38(13-7-10-16-53)60-44(75)32(4)58-51(82)42(26-36-29-73(70-67-36)20-23-94(89,90)91)64-48(79)39(14-8-11-17-54)61-45(76)33(5)57-50(81)41(25-35-28-72(69-66-35)19-22-93(86,87)88)63-46(77)37(12-6-9-15-52)59-43(74)31(3)55/h27-33,37-42H,6-26,52-55H2,1-5H3,(H,56,80)(H,57,81)(H,58,82)(H,59,74)(H,60,75)(H,61,76)(H,62,78)(H,63,77)(H,64,79)(H2,83,84,85)(H2,86,87,88)(H2,89,90,91)/t31-,32-,33-,37-,38-,39-,40-,41-,42-/m0/s1. The number of nitrogens with two attached hydrogens (primary N) is 4. The van der Waals surface area contributed by atoms with Crippen LogP contribution in [0.1, 0.15) is 109 Å². The van der Waals surface area contributed by atoms with Gasteiger partial charge in [0.15, 0.2) is 0 Å². The van der Waals surface area contributed by atoms with E-state index < -0.39 is 168 Å². The van der Waals surface area contributed by atoms with Crippen molar-refractivity contribution in [2.45, 2.75) is 192 Å². The van der Waals surface area contributed by atoms with Crippen molar-refractivity contribution in [3.63, 3.8) is 0 Å². The summed E-state index contributed by atoms with van der Waals surface area (Å²) >= 11 is 0. The fraction of sp³-hybridized carbons (Fsp3) is 0.706. The van der Waals surface area contributed by atoms with Gasteiger partial charge in [0.2, 0.25) is 53.2 Å². The maximum atomic E-state index is 14.5. The molecule has 9 atom stereocenters. The number of amides is 9. The first kappa shape index (κ1) is 81.2. The summed E-state index contributed by atoms with van der Waals surface area (Å²) in [6.07, 6.45) is 3.03. The lowest BCUT2D eigenvalue weighted by molar-refractivity contribution is -0.135. The Morgan fingerprint density at radius 2 is 0.649 bits per heavy atom. The largest absolute Gasteiger partial charge is 0.352 e. The molecule has 43 heteroatoms. The summed E-state index contributed by atoms with van der Waals surface area (Å²) in [5, 5.41) is 46.7. The predicted molar refractivity (Wildman–Crippen MR) is 334 cm³/mol. The van der Waals surface area contributed by atoms with Crippen LogP contribution in [0.2, 0.25) is 0 Å². The molecule has 9 amide bonds. The number of nitrogens with one attached hydrogen (secondary N) is 9. The van der Waals surface area contributed by atoms with Crippen molar-refractivity contribution in [3.05, 3.63) is 35.7 Å². The number of nitrogens with zero attached hydrogens (tertiary/aromatic N) is 9. The van der Waals surface area contributed by atoms with Gasteiger partial charge in [-0.05, 0) is 112 Å². The van der Waals surface area contributed by atoms with Gasteiger partial charge in [0, 0.05) is 43.9 Å². The van der Waals surface area contributed by atoms with E-state index in [0.717, 1.165) is 14.0 Å². The van der Waals surface area contributed by atoms with Gasteiger partial charge in [0.05, 0.1) is 61.2 Å². The molecule has 3 aromatic heterocycles. The van der Waals surface area contributed by atoms with Crippen molar-refractivity contribution in [3.8, 4) is 0 Å². The number of rotatable bonds is 45. The van der Waals surface area contributed by atoms with E-state index in [0.29, 0.717) is 32.1 Å². The molecule has 0 radical (unpaired) electrons. The van der Waals surface area contributed by atoms with E-state index in [2.05, 4.69) is 78.8 Å². The Kier molecular flexibility index (Phi) is 34.3. The minimum atomic E-state index is -4.52. The summed E-state index contributed by atoms with van der Waals surface area (Å²) in [5.74, 6) is -7.86. The highest BCUT2D eigenvalue weighted by Gasteiger charge is 2.35. The molecular weight excluding hydrogens is 1300 g/mol. The topological polar surface area (TPSA) is 631 Å². The van der Waals surface area contributed by atoms with Crippen LogP contribution in [0.4, 0.5) is 0 Å². The smallest absolute Gasteiger partial charge is 0.327 e. The second kappa shape index (κ2) is 39.7. The molecule has 3 heterocycles. The van der Waals surface area contributed by atoms with Gasteiger partial charge in [-0.2, -0.15) is 0 Å². The normalized spacial score (nSPS) is 14.8. The van der Waals surface area contributed by atoms with Crippen LogP contribution < -0.4 is 70.8 Å². The Labute approximate surface area is 541 Å². The zero-order valence-electron chi connectivity index (χ0n) is 53.1. The van der Waals surface area contributed by atoms with Crippen molar-refractivity contribution in [2.75, 3.05) is 38.1 Å². The molecule has 0 unspecified atom stereocenters. The van der Waals surface area contributed by atoms with Crippen molar-refractivity contribution in [1.29, 1.82) is 0 Å². The van der Waals surface area contributed by atoms with Crippen LogP contribution in [0.25, 0.3) is 0 Å². The highest BCUT2D eigenvalue weighted by molar-refractivity contribution is 7.52. The molecule has 0 aliphatic rings. The third kappa shape index (κ3) is 31.9. The first-order valence-electron chi connectivity index (χ1n) is 30.4. The Morgan fingerprint density at radius 3 is 0.904 bits per heavy atom. The molecule has 0 saturated carbocycles. The highest BCUT2D eigenvalue weighted by Crippen LogP contribution is 2.35. The van der Waals surface area contributed by atoms with Crippen LogP contribution in [0.3, 0.4) is 0 Å². The van der Waals surface area contributed by atoms with Gasteiger partial charge in [0.25, 0.3) is 0 Å². The number of carbonyl (C=O) groups excluding carboxylic acids is 9. The molecule has 0 aliphatic heterocycles. The number of aromatic nitrogens is 9.